The highest BCUT2D eigenvalue weighted by atomic mass is 19.1. The summed E-state index contributed by atoms with van der Waals surface area (Å²) in [6.45, 7) is 3.76. The van der Waals surface area contributed by atoms with Crippen molar-refractivity contribution in [3.63, 3.8) is 0 Å². The van der Waals surface area contributed by atoms with Crippen LogP contribution >= 0.6 is 0 Å². The Hall–Kier alpha value is -3.06. The number of halogens is 1. The summed E-state index contributed by atoms with van der Waals surface area (Å²) in [6, 6.07) is 15.1. The maximum absolute atomic E-state index is 15.1. The molecule has 0 unspecified atom stereocenters. The molecule has 0 bridgehead atoms. The normalized spacial score (nSPS) is 14.9. The molecular weight excluding hydrogens is 357 g/mol. The van der Waals surface area contributed by atoms with Crippen molar-refractivity contribution in [2.45, 2.75) is 6.54 Å². The van der Waals surface area contributed by atoms with E-state index in [4.69, 9.17) is 4.74 Å². The monoisotopic (exact) mass is 379 g/mol. The summed E-state index contributed by atoms with van der Waals surface area (Å²) < 4.78 is 20.3. The zero-order chi connectivity index (χ0) is 19.3. The van der Waals surface area contributed by atoms with Gasteiger partial charge in [0.25, 0.3) is 0 Å². The van der Waals surface area contributed by atoms with Gasteiger partial charge in [-0.3, -0.25) is 4.90 Å². The van der Waals surface area contributed by atoms with Gasteiger partial charge in [-0.15, -0.1) is 0 Å². The van der Waals surface area contributed by atoms with Crippen LogP contribution in [0.5, 0.6) is 5.88 Å². The van der Waals surface area contributed by atoms with E-state index in [1.165, 1.54) is 6.33 Å². The zero-order valence-electron chi connectivity index (χ0n) is 15.8. The van der Waals surface area contributed by atoms with Crippen LogP contribution in [0.1, 0.15) is 5.69 Å². The first-order valence-electron chi connectivity index (χ1n) is 9.28. The summed E-state index contributed by atoms with van der Waals surface area (Å²) in [4.78, 5) is 17.1. The van der Waals surface area contributed by atoms with Crippen LogP contribution in [0.15, 0.2) is 54.9 Å². The molecule has 1 aliphatic heterocycles. The molecule has 0 N–H and O–H groups in total. The van der Waals surface area contributed by atoms with Crippen molar-refractivity contribution >= 4 is 5.82 Å². The van der Waals surface area contributed by atoms with Gasteiger partial charge in [-0.25, -0.2) is 19.3 Å². The number of anilines is 1. The van der Waals surface area contributed by atoms with Crippen LogP contribution in [-0.4, -0.2) is 53.1 Å². The number of aromatic nitrogens is 3. The second kappa shape index (κ2) is 8.31. The molecule has 1 aromatic carbocycles. The van der Waals surface area contributed by atoms with Gasteiger partial charge < -0.3 is 9.64 Å². The molecule has 3 aromatic rings. The summed E-state index contributed by atoms with van der Waals surface area (Å²) in [5.74, 6) is 0.622. The number of ether oxygens (including phenoxy) is 1. The van der Waals surface area contributed by atoms with Crippen LogP contribution in [0.3, 0.4) is 0 Å². The second-order valence-electron chi connectivity index (χ2n) is 6.66. The SMILES string of the molecule is COc1cccc(CN2CCN(c3ncnc(-c4ccccc4)c3F)CC2)n1. The molecule has 3 heterocycles. The molecule has 7 heteroatoms. The number of methoxy groups -OCH3 is 1. The van der Waals surface area contributed by atoms with Gasteiger partial charge in [0, 0.05) is 44.4 Å². The van der Waals surface area contributed by atoms with Crippen LogP contribution in [-0.2, 0) is 6.54 Å². The van der Waals surface area contributed by atoms with Gasteiger partial charge >= 0.3 is 0 Å². The number of hydrogen-bond acceptors (Lipinski definition) is 6. The smallest absolute Gasteiger partial charge is 0.213 e. The largest absolute Gasteiger partial charge is 0.481 e. The highest BCUT2D eigenvalue weighted by Gasteiger charge is 2.23. The van der Waals surface area contributed by atoms with Gasteiger partial charge in [0.05, 0.1) is 12.8 Å². The number of rotatable bonds is 5. The lowest BCUT2D eigenvalue weighted by Gasteiger charge is -2.35. The summed E-state index contributed by atoms with van der Waals surface area (Å²) in [5, 5.41) is 0. The molecule has 0 spiro atoms. The average molecular weight is 379 g/mol. The number of benzene rings is 1. The number of hydrogen-bond donors (Lipinski definition) is 0. The Morgan fingerprint density at radius 1 is 0.964 bits per heavy atom. The highest BCUT2D eigenvalue weighted by molar-refractivity contribution is 5.63. The molecule has 0 radical (unpaired) electrons. The third-order valence-corrected chi connectivity index (χ3v) is 4.87. The standard InChI is InChI=1S/C21H22FN5O/c1-28-18-9-5-8-17(25-18)14-26-10-12-27(13-11-26)21-19(22)20(23-15-24-21)16-6-3-2-4-7-16/h2-9,15H,10-14H2,1H3. The minimum Gasteiger partial charge on any atom is -0.481 e. The van der Waals surface area contributed by atoms with Crippen molar-refractivity contribution < 1.29 is 9.13 Å². The molecule has 2 aromatic heterocycles. The van der Waals surface area contributed by atoms with E-state index in [2.05, 4.69) is 19.9 Å². The zero-order valence-corrected chi connectivity index (χ0v) is 15.8. The number of nitrogens with zero attached hydrogens (tertiary/aromatic N) is 5. The van der Waals surface area contributed by atoms with E-state index in [9.17, 15) is 0 Å². The Kier molecular flexibility index (Phi) is 5.43. The van der Waals surface area contributed by atoms with Gasteiger partial charge in [0.15, 0.2) is 11.6 Å². The molecule has 0 saturated carbocycles. The molecule has 0 aliphatic carbocycles. The van der Waals surface area contributed by atoms with E-state index in [1.54, 1.807) is 7.11 Å². The fraction of sp³-hybridized carbons (Fsp3) is 0.286. The van der Waals surface area contributed by atoms with Crippen molar-refractivity contribution in [1.82, 2.24) is 19.9 Å². The van der Waals surface area contributed by atoms with Crippen LogP contribution in [0.25, 0.3) is 11.3 Å². The first-order valence-corrected chi connectivity index (χ1v) is 9.28. The molecule has 6 nitrogen and oxygen atoms in total. The Morgan fingerprint density at radius 3 is 2.50 bits per heavy atom. The maximum atomic E-state index is 15.1. The van der Waals surface area contributed by atoms with Crippen molar-refractivity contribution in [2.24, 2.45) is 0 Å². The molecule has 4 rings (SSSR count). The van der Waals surface area contributed by atoms with E-state index < -0.39 is 0 Å². The van der Waals surface area contributed by atoms with Crippen LogP contribution < -0.4 is 9.64 Å². The lowest BCUT2D eigenvalue weighted by atomic mass is 10.1. The number of piperazine rings is 1. The lowest BCUT2D eigenvalue weighted by Crippen LogP contribution is -2.46. The fourth-order valence-electron chi connectivity index (χ4n) is 3.38. The average Bonchev–Trinajstić information content (AvgIpc) is 2.75. The predicted molar refractivity (Wildman–Crippen MR) is 106 cm³/mol. The quantitative estimate of drug-likeness (QED) is 0.679. The first-order chi connectivity index (χ1) is 13.7. The molecule has 0 atom stereocenters. The minimum atomic E-state index is -0.364. The van der Waals surface area contributed by atoms with Crippen molar-refractivity contribution in [3.8, 4) is 17.1 Å². The van der Waals surface area contributed by atoms with Gasteiger partial charge in [-0.2, -0.15) is 0 Å². The van der Waals surface area contributed by atoms with Crippen LogP contribution in [0, 0.1) is 5.82 Å². The van der Waals surface area contributed by atoms with Gasteiger partial charge in [0.2, 0.25) is 5.88 Å². The van der Waals surface area contributed by atoms with Crippen molar-refractivity contribution in [3.05, 3.63) is 66.4 Å². The van der Waals surface area contributed by atoms with E-state index >= 15 is 4.39 Å². The van der Waals surface area contributed by atoms with Crippen LogP contribution in [0.2, 0.25) is 0 Å². The molecule has 0 amide bonds. The third-order valence-electron chi connectivity index (χ3n) is 4.87. The molecule has 1 aliphatic rings. The molecule has 144 valence electrons. The summed E-state index contributed by atoms with van der Waals surface area (Å²) in [6.07, 6.45) is 1.44. The minimum absolute atomic E-state index is 0.341. The van der Waals surface area contributed by atoms with Crippen molar-refractivity contribution in [1.29, 1.82) is 0 Å². The topological polar surface area (TPSA) is 54.4 Å². The van der Waals surface area contributed by atoms with E-state index in [-0.39, 0.29) is 5.82 Å². The molecule has 1 saturated heterocycles. The Labute approximate surface area is 163 Å². The molecular formula is C21H22FN5O. The van der Waals surface area contributed by atoms with Gasteiger partial charge in [-0.1, -0.05) is 36.4 Å². The summed E-state index contributed by atoms with van der Waals surface area (Å²) in [7, 11) is 1.62. The first kappa shape index (κ1) is 18.3. The summed E-state index contributed by atoms with van der Waals surface area (Å²) >= 11 is 0. The maximum Gasteiger partial charge on any atom is 0.213 e. The predicted octanol–water partition coefficient (Wildman–Crippen LogP) is 3.01. The third kappa shape index (κ3) is 3.94. The lowest BCUT2D eigenvalue weighted by molar-refractivity contribution is 0.245. The second-order valence-corrected chi connectivity index (χ2v) is 6.66. The fourth-order valence-corrected chi connectivity index (χ4v) is 3.38. The van der Waals surface area contributed by atoms with Gasteiger partial charge in [-0.05, 0) is 6.07 Å². The molecule has 28 heavy (non-hydrogen) atoms. The Balaban J connectivity index is 1.44. The summed E-state index contributed by atoms with van der Waals surface area (Å²) in [5.41, 5.74) is 2.06. The van der Waals surface area contributed by atoms with E-state index in [0.29, 0.717) is 30.5 Å². The highest BCUT2D eigenvalue weighted by Crippen LogP contribution is 2.26. The van der Waals surface area contributed by atoms with Gasteiger partial charge in [0.1, 0.15) is 12.0 Å². The Bertz CT molecular complexity index is 929. The number of pyridine rings is 1. The van der Waals surface area contributed by atoms with Crippen LogP contribution in [0.4, 0.5) is 10.2 Å². The van der Waals surface area contributed by atoms with E-state index in [1.807, 2.05) is 53.4 Å². The Morgan fingerprint density at radius 2 is 1.75 bits per heavy atom. The molecule has 1 fully saturated rings. The van der Waals surface area contributed by atoms with Crippen molar-refractivity contribution in [2.75, 3.05) is 38.2 Å². The van der Waals surface area contributed by atoms with E-state index in [0.717, 1.165) is 30.9 Å².